The van der Waals surface area contributed by atoms with E-state index < -0.39 is 0 Å². The lowest BCUT2D eigenvalue weighted by Crippen LogP contribution is -2.29. The maximum Gasteiger partial charge on any atom is 0.0456 e. The molecule has 1 saturated carbocycles. The van der Waals surface area contributed by atoms with Gasteiger partial charge in [0.05, 0.1) is 0 Å². The van der Waals surface area contributed by atoms with Crippen LogP contribution in [0.5, 0.6) is 0 Å². The second-order valence-corrected chi connectivity index (χ2v) is 4.91. The first-order valence-corrected chi connectivity index (χ1v) is 6.14. The Hall–Kier alpha value is -1.28. The standard InChI is InChI=1S/C14H18N2/c1-10(16-12-6-7-12)8-11-9-15-14-5-3-2-4-13(11)14/h2-5,9-10,12,15-16H,6-8H2,1H3/t10-/m0/s1. The molecule has 0 radical (unpaired) electrons. The molecule has 1 heterocycles. The minimum atomic E-state index is 0.576. The van der Waals surface area contributed by atoms with E-state index in [1.165, 1.54) is 29.3 Å². The maximum atomic E-state index is 3.64. The number of hydrogen-bond donors (Lipinski definition) is 2. The highest BCUT2D eigenvalue weighted by Crippen LogP contribution is 2.22. The summed E-state index contributed by atoms with van der Waals surface area (Å²) in [6, 6.07) is 9.89. The highest BCUT2D eigenvalue weighted by Gasteiger charge is 2.22. The number of hydrogen-bond acceptors (Lipinski definition) is 1. The predicted octanol–water partition coefficient (Wildman–Crippen LogP) is 2.85. The lowest BCUT2D eigenvalue weighted by atomic mass is 10.1. The Morgan fingerprint density at radius 2 is 2.19 bits per heavy atom. The Morgan fingerprint density at radius 3 is 3.00 bits per heavy atom. The van der Waals surface area contributed by atoms with Crippen LogP contribution < -0.4 is 5.32 Å². The van der Waals surface area contributed by atoms with Crippen LogP contribution in [-0.2, 0) is 6.42 Å². The van der Waals surface area contributed by atoms with Gasteiger partial charge in [-0.2, -0.15) is 0 Å². The van der Waals surface area contributed by atoms with E-state index in [0.29, 0.717) is 6.04 Å². The summed E-state index contributed by atoms with van der Waals surface area (Å²) in [4.78, 5) is 3.33. The highest BCUT2D eigenvalue weighted by atomic mass is 15.0. The fourth-order valence-electron chi connectivity index (χ4n) is 2.34. The van der Waals surface area contributed by atoms with Crippen molar-refractivity contribution in [2.24, 2.45) is 0 Å². The van der Waals surface area contributed by atoms with Crippen molar-refractivity contribution in [3.63, 3.8) is 0 Å². The summed E-state index contributed by atoms with van der Waals surface area (Å²) >= 11 is 0. The number of benzene rings is 1. The van der Waals surface area contributed by atoms with Crippen molar-refractivity contribution < 1.29 is 0 Å². The average molecular weight is 214 g/mol. The summed E-state index contributed by atoms with van der Waals surface area (Å²) in [6.45, 7) is 2.28. The molecule has 0 bridgehead atoms. The largest absolute Gasteiger partial charge is 0.361 e. The fraction of sp³-hybridized carbons (Fsp3) is 0.429. The first-order valence-electron chi connectivity index (χ1n) is 6.14. The van der Waals surface area contributed by atoms with Gasteiger partial charge < -0.3 is 10.3 Å². The van der Waals surface area contributed by atoms with Crippen molar-refractivity contribution in [2.75, 3.05) is 0 Å². The summed E-state index contributed by atoms with van der Waals surface area (Å²) in [6.07, 6.45) is 5.98. The molecule has 2 aromatic rings. The van der Waals surface area contributed by atoms with Crippen molar-refractivity contribution in [3.05, 3.63) is 36.0 Å². The lowest BCUT2D eigenvalue weighted by molar-refractivity contribution is 0.544. The minimum Gasteiger partial charge on any atom is -0.361 e. The molecule has 2 heteroatoms. The Morgan fingerprint density at radius 1 is 1.38 bits per heavy atom. The van der Waals surface area contributed by atoms with Crippen molar-refractivity contribution in [2.45, 2.75) is 38.3 Å². The van der Waals surface area contributed by atoms with Gasteiger partial charge in [-0.05, 0) is 37.8 Å². The van der Waals surface area contributed by atoms with Crippen LogP contribution in [0.3, 0.4) is 0 Å². The van der Waals surface area contributed by atoms with Crippen molar-refractivity contribution >= 4 is 10.9 Å². The van der Waals surface area contributed by atoms with Gasteiger partial charge in [-0.3, -0.25) is 0 Å². The van der Waals surface area contributed by atoms with E-state index in [4.69, 9.17) is 0 Å². The predicted molar refractivity (Wildman–Crippen MR) is 67.6 cm³/mol. The van der Waals surface area contributed by atoms with Crippen LogP contribution in [0.1, 0.15) is 25.3 Å². The minimum absolute atomic E-state index is 0.576. The van der Waals surface area contributed by atoms with Crippen LogP contribution >= 0.6 is 0 Å². The number of fused-ring (bicyclic) bond motifs is 1. The molecule has 1 atom stereocenters. The molecule has 0 aliphatic heterocycles. The quantitative estimate of drug-likeness (QED) is 0.804. The molecule has 0 spiro atoms. The molecule has 1 aromatic carbocycles. The van der Waals surface area contributed by atoms with Gasteiger partial charge in [0, 0.05) is 29.2 Å². The molecule has 1 fully saturated rings. The van der Waals surface area contributed by atoms with Crippen LogP contribution in [0, 0.1) is 0 Å². The molecule has 1 aliphatic carbocycles. The van der Waals surface area contributed by atoms with Crippen molar-refractivity contribution in [1.29, 1.82) is 0 Å². The van der Waals surface area contributed by atoms with Gasteiger partial charge in [0.2, 0.25) is 0 Å². The van der Waals surface area contributed by atoms with E-state index in [-0.39, 0.29) is 0 Å². The van der Waals surface area contributed by atoms with E-state index in [0.717, 1.165) is 12.5 Å². The van der Waals surface area contributed by atoms with Crippen LogP contribution in [0.2, 0.25) is 0 Å². The van der Waals surface area contributed by atoms with Crippen LogP contribution in [0.15, 0.2) is 30.5 Å². The smallest absolute Gasteiger partial charge is 0.0456 e. The third-order valence-corrected chi connectivity index (χ3v) is 3.30. The summed E-state index contributed by atoms with van der Waals surface area (Å²) in [5.41, 5.74) is 2.67. The molecule has 84 valence electrons. The van der Waals surface area contributed by atoms with Gasteiger partial charge in [0.25, 0.3) is 0 Å². The number of H-pyrrole nitrogens is 1. The first kappa shape index (κ1) is 9.91. The van der Waals surface area contributed by atoms with Crippen LogP contribution in [0.25, 0.3) is 10.9 Å². The van der Waals surface area contributed by atoms with Gasteiger partial charge in [-0.15, -0.1) is 0 Å². The summed E-state index contributed by atoms with van der Waals surface area (Å²) in [5, 5.41) is 5.01. The molecule has 16 heavy (non-hydrogen) atoms. The SMILES string of the molecule is C[C@@H](Cc1c[nH]c2ccccc12)NC1CC1. The molecular weight excluding hydrogens is 196 g/mol. The molecule has 1 aliphatic rings. The lowest BCUT2D eigenvalue weighted by Gasteiger charge is -2.12. The van der Waals surface area contributed by atoms with E-state index >= 15 is 0 Å². The van der Waals surface area contributed by atoms with Crippen molar-refractivity contribution in [3.8, 4) is 0 Å². The Labute approximate surface area is 96.1 Å². The summed E-state index contributed by atoms with van der Waals surface area (Å²) < 4.78 is 0. The number of para-hydroxylation sites is 1. The first-order chi connectivity index (χ1) is 7.83. The van der Waals surface area contributed by atoms with Gasteiger partial charge in [-0.25, -0.2) is 0 Å². The van der Waals surface area contributed by atoms with Crippen molar-refractivity contribution in [1.82, 2.24) is 10.3 Å². The maximum absolute atomic E-state index is 3.64. The number of nitrogens with one attached hydrogen (secondary N) is 2. The van der Waals surface area contributed by atoms with Crippen LogP contribution in [0.4, 0.5) is 0 Å². The Bertz CT molecular complexity index is 482. The second kappa shape index (κ2) is 3.95. The Balaban J connectivity index is 1.77. The molecule has 2 nitrogen and oxygen atoms in total. The number of rotatable bonds is 4. The fourth-order valence-corrected chi connectivity index (χ4v) is 2.34. The van der Waals surface area contributed by atoms with E-state index in [1.807, 2.05) is 0 Å². The van der Waals surface area contributed by atoms with E-state index in [1.54, 1.807) is 0 Å². The van der Waals surface area contributed by atoms with Gasteiger partial charge in [0.1, 0.15) is 0 Å². The zero-order valence-corrected chi connectivity index (χ0v) is 9.66. The monoisotopic (exact) mass is 214 g/mol. The summed E-state index contributed by atoms with van der Waals surface area (Å²) in [7, 11) is 0. The third-order valence-electron chi connectivity index (χ3n) is 3.30. The van der Waals surface area contributed by atoms with Gasteiger partial charge in [-0.1, -0.05) is 18.2 Å². The number of aromatic amines is 1. The zero-order valence-electron chi connectivity index (χ0n) is 9.66. The third kappa shape index (κ3) is 1.98. The number of aromatic nitrogens is 1. The Kier molecular flexibility index (Phi) is 2.44. The topological polar surface area (TPSA) is 27.8 Å². The molecular formula is C14H18N2. The zero-order chi connectivity index (χ0) is 11.0. The molecule has 0 unspecified atom stereocenters. The summed E-state index contributed by atoms with van der Waals surface area (Å²) in [5.74, 6) is 0. The van der Waals surface area contributed by atoms with Gasteiger partial charge >= 0.3 is 0 Å². The van der Waals surface area contributed by atoms with E-state index in [2.05, 4.69) is 47.7 Å². The molecule has 3 rings (SSSR count). The van der Waals surface area contributed by atoms with Crippen LogP contribution in [-0.4, -0.2) is 17.1 Å². The highest BCUT2D eigenvalue weighted by molar-refractivity contribution is 5.83. The average Bonchev–Trinajstić information content (AvgIpc) is 3.00. The molecule has 0 saturated heterocycles. The van der Waals surface area contributed by atoms with Gasteiger partial charge in [0.15, 0.2) is 0 Å². The molecule has 1 aromatic heterocycles. The van der Waals surface area contributed by atoms with E-state index in [9.17, 15) is 0 Å². The second-order valence-electron chi connectivity index (χ2n) is 4.91. The normalized spacial score (nSPS) is 17.8. The molecule has 0 amide bonds. The molecule has 2 N–H and O–H groups in total.